The molecule has 1 N–H and O–H groups in total. The van der Waals surface area contributed by atoms with E-state index in [2.05, 4.69) is 35.3 Å². The van der Waals surface area contributed by atoms with Crippen LogP contribution in [0.5, 0.6) is 0 Å². The Labute approximate surface area is 115 Å². The second-order valence-electron chi connectivity index (χ2n) is 5.40. The number of halogens is 1. The van der Waals surface area contributed by atoms with Crippen LogP contribution in [-0.2, 0) is 6.54 Å². The third kappa shape index (κ3) is 3.71. The molecule has 1 aliphatic rings. The van der Waals surface area contributed by atoms with Gasteiger partial charge >= 0.3 is 0 Å². The van der Waals surface area contributed by atoms with Crippen molar-refractivity contribution in [2.75, 3.05) is 26.7 Å². The van der Waals surface area contributed by atoms with Crippen LogP contribution in [0.4, 0.5) is 0 Å². The average Bonchev–Trinajstić information content (AvgIpc) is 2.34. The standard InChI is InChI=1S/C15H23ClN2/c1-12-5-6-14(15(16)8-12)11-18-7-3-4-13(10-18)9-17-2/h5-6,8,13,17H,3-4,7,9-11H2,1-2H3. The number of aryl methyl sites for hydroxylation is 1. The van der Waals surface area contributed by atoms with Gasteiger partial charge in [-0.25, -0.2) is 0 Å². The molecule has 0 aliphatic carbocycles. The summed E-state index contributed by atoms with van der Waals surface area (Å²) in [5, 5.41) is 4.20. The summed E-state index contributed by atoms with van der Waals surface area (Å²) >= 11 is 6.31. The largest absolute Gasteiger partial charge is 0.319 e. The van der Waals surface area contributed by atoms with Crippen LogP contribution in [0.2, 0.25) is 5.02 Å². The highest BCUT2D eigenvalue weighted by molar-refractivity contribution is 6.31. The predicted octanol–water partition coefficient (Wildman–Crippen LogP) is 3.08. The number of hydrogen-bond acceptors (Lipinski definition) is 2. The van der Waals surface area contributed by atoms with Gasteiger partial charge in [-0.2, -0.15) is 0 Å². The predicted molar refractivity (Wildman–Crippen MR) is 78.1 cm³/mol. The molecule has 0 aromatic heterocycles. The Morgan fingerprint density at radius 1 is 1.44 bits per heavy atom. The van der Waals surface area contributed by atoms with E-state index in [9.17, 15) is 0 Å². The Kier molecular flexibility index (Phi) is 5.04. The molecule has 100 valence electrons. The first-order valence-electron chi connectivity index (χ1n) is 6.81. The van der Waals surface area contributed by atoms with E-state index in [1.807, 2.05) is 7.05 Å². The Hall–Kier alpha value is -0.570. The van der Waals surface area contributed by atoms with Crippen LogP contribution < -0.4 is 5.32 Å². The normalized spacial score (nSPS) is 21.2. The molecular weight excluding hydrogens is 244 g/mol. The lowest BCUT2D eigenvalue weighted by molar-refractivity contribution is 0.167. The molecule has 2 nitrogen and oxygen atoms in total. The van der Waals surface area contributed by atoms with Gasteiger partial charge in [-0.05, 0) is 63.0 Å². The summed E-state index contributed by atoms with van der Waals surface area (Å²) in [4.78, 5) is 2.53. The maximum atomic E-state index is 6.31. The molecule has 2 rings (SSSR count). The topological polar surface area (TPSA) is 15.3 Å². The third-order valence-corrected chi connectivity index (χ3v) is 4.05. The number of nitrogens with one attached hydrogen (secondary N) is 1. The molecule has 1 fully saturated rings. The van der Waals surface area contributed by atoms with Crippen LogP contribution in [0, 0.1) is 12.8 Å². The summed E-state index contributed by atoms with van der Waals surface area (Å²) in [5.74, 6) is 0.785. The highest BCUT2D eigenvalue weighted by atomic mass is 35.5. The zero-order valence-electron chi connectivity index (χ0n) is 11.4. The molecule has 1 aromatic carbocycles. The number of piperidine rings is 1. The quantitative estimate of drug-likeness (QED) is 0.901. The van der Waals surface area contributed by atoms with Crippen molar-refractivity contribution in [2.24, 2.45) is 5.92 Å². The van der Waals surface area contributed by atoms with Gasteiger partial charge in [0.25, 0.3) is 0 Å². The van der Waals surface area contributed by atoms with Crippen molar-refractivity contribution >= 4 is 11.6 Å². The van der Waals surface area contributed by atoms with Crippen molar-refractivity contribution in [3.05, 3.63) is 34.3 Å². The SMILES string of the molecule is CNCC1CCCN(Cc2ccc(C)cc2Cl)C1. The lowest BCUT2D eigenvalue weighted by atomic mass is 9.97. The van der Waals surface area contributed by atoms with Gasteiger partial charge in [-0.3, -0.25) is 4.90 Å². The highest BCUT2D eigenvalue weighted by Crippen LogP contribution is 2.22. The van der Waals surface area contributed by atoms with Crippen LogP contribution in [-0.4, -0.2) is 31.6 Å². The Balaban J connectivity index is 1.96. The van der Waals surface area contributed by atoms with E-state index >= 15 is 0 Å². The van der Waals surface area contributed by atoms with E-state index < -0.39 is 0 Å². The minimum atomic E-state index is 0.785. The molecule has 1 aliphatic heterocycles. The van der Waals surface area contributed by atoms with Crippen molar-refractivity contribution < 1.29 is 0 Å². The van der Waals surface area contributed by atoms with Crippen molar-refractivity contribution in [3.63, 3.8) is 0 Å². The molecule has 18 heavy (non-hydrogen) atoms. The third-order valence-electron chi connectivity index (χ3n) is 3.70. The van der Waals surface area contributed by atoms with Gasteiger partial charge < -0.3 is 5.32 Å². The molecule has 0 radical (unpaired) electrons. The molecule has 0 spiro atoms. The minimum Gasteiger partial charge on any atom is -0.319 e. The summed E-state index contributed by atoms with van der Waals surface area (Å²) in [6.07, 6.45) is 2.65. The zero-order chi connectivity index (χ0) is 13.0. The monoisotopic (exact) mass is 266 g/mol. The summed E-state index contributed by atoms with van der Waals surface area (Å²) < 4.78 is 0. The molecule has 0 amide bonds. The first kappa shape index (κ1) is 13.9. The van der Waals surface area contributed by atoms with Gasteiger partial charge in [0.05, 0.1) is 0 Å². The molecule has 1 heterocycles. The molecule has 1 unspecified atom stereocenters. The van der Waals surface area contributed by atoms with Crippen LogP contribution in [0.3, 0.4) is 0 Å². The Morgan fingerprint density at radius 2 is 2.28 bits per heavy atom. The number of likely N-dealkylation sites (tertiary alicyclic amines) is 1. The zero-order valence-corrected chi connectivity index (χ0v) is 12.1. The van der Waals surface area contributed by atoms with Crippen molar-refractivity contribution in [1.29, 1.82) is 0 Å². The number of nitrogens with zero attached hydrogens (tertiary/aromatic N) is 1. The first-order chi connectivity index (χ1) is 8.69. The van der Waals surface area contributed by atoms with Crippen molar-refractivity contribution in [3.8, 4) is 0 Å². The smallest absolute Gasteiger partial charge is 0.0453 e. The van der Waals surface area contributed by atoms with E-state index in [1.54, 1.807) is 0 Å². The lowest BCUT2D eigenvalue weighted by Gasteiger charge is -2.32. The van der Waals surface area contributed by atoms with Crippen LogP contribution >= 0.6 is 11.6 Å². The fourth-order valence-electron chi connectivity index (χ4n) is 2.77. The van der Waals surface area contributed by atoms with Crippen LogP contribution in [0.1, 0.15) is 24.0 Å². The summed E-state index contributed by atoms with van der Waals surface area (Å²) in [5.41, 5.74) is 2.49. The number of benzene rings is 1. The highest BCUT2D eigenvalue weighted by Gasteiger charge is 2.19. The summed E-state index contributed by atoms with van der Waals surface area (Å²) in [7, 11) is 2.04. The van der Waals surface area contributed by atoms with Gasteiger partial charge in [0.2, 0.25) is 0 Å². The molecule has 1 atom stereocenters. The van der Waals surface area contributed by atoms with Crippen molar-refractivity contribution in [2.45, 2.75) is 26.3 Å². The lowest BCUT2D eigenvalue weighted by Crippen LogP contribution is -2.38. The molecule has 3 heteroatoms. The Bertz CT molecular complexity index is 390. The summed E-state index contributed by atoms with van der Waals surface area (Å²) in [6.45, 7) is 6.58. The van der Waals surface area contributed by atoms with E-state index in [-0.39, 0.29) is 0 Å². The van der Waals surface area contributed by atoms with Crippen LogP contribution in [0.25, 0.3) is 0 Å². The molecule has 1 aromatic rings. The van der Waals surface area contributed by atoms with E-state index in [4.69, 9.17) is 11.6 Å². The van der Waals surface area contributed by atoms with Crippen molar-refractivity contribution in [1.82, 2.24) is 10.2 Å². The maximum absolute atomic E-state index is 6.31. The number of rotatable bonds is 4. The molecule has 0 saturated carbocycles. The van der Waals surface area contributed by atoms with E-state index in [0.717, 1.165) is 24.0 Å². The molecular formula is C15H23ClN2. The molecule has 1 saturated heterocycles. The first-order valence-corrected chi connectivity index (χ1v) is 7.19. The van der Waals surface area contributed by atoms with E-state index in [0.29, 0.717) is 0 Å². The summed E-state index contributed by atoms with van der Waals surface area (Å²) in [6, 6.07) is 6.38. The fourth-order valence-corrected chi connectivity index (χ4v) is 3.07. The van der Waals surface area contributed by atoms with Crippen LogP contribution in [0.15, 0.2) is 18.2 Å². The van der Waals surface area contributed by atoms with Gasteiger partial charge in [0.15, 0.2) is 0 Å². The number of hydrogen-bond donors (Lipinski definition) is 1. The second kappa shape index (κ2) is 6.55. The van der Waals surface area contributed by atoms with Gasteiger partial charge in [-0.15, -0.1) is 0 Å². The fraction of sp³-hybridized carbons (Fsp3) is 0.600. The van der Waals surface area contributed by atoms with Gasteiger partial charge in [0.1, 0.15) is 0 Å². The van der Waals surface area contributed by atoms with Gasteiger partial charge in [-0.1, -0.05) is 23.7 Å². The Morgan fingerprint density at radius 3 is 3.00 bits per heavy atom. The minimum absolute atomic E-state index is 0.785. The van der Waals surface area contributed by atoms with E-state index in [1.165, 1.54) is 37.1 Å². The second-order valence-corrected chi connectivity index (χ2v) is 5.80. The molecule has 0 bridgehead atoms. The average molecular weight is 267 g/mol. The van der Waals surface area contributed by atoms with Gasteiger partial charge in [0, 0.05) is 18.1 Å². The maximum Gasteiger partial charge on any atom is 0.0453 e.